The number of hydrogen-bond acceptors (Lipinski definition) is 2. The summed E-state index contributed by atoms with van der Waals surface area (Å²) < 4.78 is 4.59. The Labute approximate surface area is 99.8 Å². The van der Waals surface area contributed by atoms with E-state index in [-0.39, 0.29) is 5.97 Å². The van der Waals surface area contributed by atoms with E-state index in [2.05, 4.69) is 20.7 Å². The lowest BCUT2D eigenvalue weighted by atomic mass is 10.1. The van der Waals surface area contributed by atoms with Crippen LogP contribution in [-0.2, 0) is 4.74 Å². The second-order valence-electron chi connectivity index (χ2n) is 2.73. The van der Waals surface area contributed by atoms with Crippen molar-refractivity contribution in [1.29, 1.82) is 0 Å². The molecule has 0 fully saturated rings. The third kappa shape index (κ3) is 4.47. The first kappa shape index (κ1) is 14.2. The fourth-order valence-electron chi connectivity index (χ4n) is 1.00. The van der Waals surface area contributed by atoms with Crippen LogP contribution in [0.15, 0.2) is 24.3 Å². The summed E-state index contributed by atoms with van der Waals surface area (Å²) in [5.41, 5.74) is 1.73. The van der Waals surface area contributed by atoms with Crippen molar-refractivity contribution in [1.82, 2.24) is 0 Å². The monoisotopic (exact) mass is 272 g/mol. The maximum Gasteiger partial charge on any atom is 0.337 e. The lowest BCUT2D eigenvalue weighted by molar-refractivity contribution is 0.0600. The van der Waals surface area contributed by atoms with E-state index in [4.69, 9.17) is 0 Å². The highest BCUT2D eigenvalue weighted by Crippen LogP contribution is 2.21. The zero-order valence-corrected chi connectivity index (χ0v) is 11.2. The van der Waals surface area contributed by atoms with Gasteiger partial charge in [0.1, 0.15) is 0 Å². The Morgan fingerprint density at radius 1 is 1.27 bits per heavy atom. The molecule has 1 atom stereocenters. The minimum atomic E-state index is -0.297. The first-order valence-corrected chi connectivity index (χ1v) is 5.89. The van der Waals surface area contributed by atoms with Crippen LogP contribution in [0, 0.1) is 0 Å². The smallest absolute Gasteiger partial charge is 0.337 e. The van der Waals surface area contributed by atoms with Crippen molar-refractivity contribution < 1.29 is 9.53 Å². The number of carbonyl (C=O) groups is 1. The summed E-state index contributed by atoms with van der Waals surface area (Å²) in [7, 11) is 1.38. The van der Waals surface area contributed by atoms with Crippen molar-refractivity contribution >= 4 is 21.9 Å². The van der Waals surface area contributed by atoms with E-state index in [0.29, 0.717) is 10.4 Å². The molecule has 0 bridgehead atoms. The minimum Gasteiger partial charge on any atom is -0.465 e. The van der Waals surface area contributed by atoms with Crippen molar-refractivity contribution in [2.45, 2.75) is 25.6 Å². The van der Waals surface area contributed by atoms with E-state index in [1.165, 1.54) is 7.11 Å². The summed E-state index contributed by atoms with van der Waals surface area (Å²) >= 11 is 3.44. The molecule has 84 valence electrons. The number of esters is 1. The van der Waals surface area contributed by atoms with Gasteiger partial charge in [-0.05, 0) is 24.6 Å². The minimum absolute atomic E-state index is 0.297. The predicted molar refractivity (Wildman–Crippen MR) is 66.5 cm³/mol. The first-order chi connectivity index (χ1) is 7.15. The summed E-state index contributed by atoms with van der Waals surface area (Å²) in [6.07, 6.45) is 0. The fourth-order valence-corrected chi connectivity index (χ4v) is 1.31. The summed E-state index contributed by atoms with van der Waals surface area (Å²) in [6, 6.07) is 7.34. The molecule has 0 radical (unpaired) electrons. The standard InChI is InChI=1S/C10H11BrO2.C2H6/c1-7(11)8-3-5-9(6-4-8)10(12)13-2;1-2/h3-7H,1-2H3;1-2H3. The highest BCUT2D eigenvalue weighted by Gasteiger charge is 2.05. The molecule has 0 spiro atoms. The van der Waals surface area contributed by atoms with Gasteiger partial charge in [-0.1, -0.05) is 41.9 Å². The zero-order valence-electron chi connectivity index (χ0n) is 9.58. The molecular formula is C12H17BrO2. The second kappa shape index (κ2) is 7.46. The SMILES string of the molecule is CC.COC(=O)c1ccc(C(C)Br)cc1. The van der Waals surface area contributed by atoms with Gasteiger partial charge in [0.15, 0.2) is 0 Å². The van der Waals surface area contributed by atoms with Crippen LogP contribution in [0.25, 0.3) is 0 Å². The molecule has 1 rings (SSSR count). The molecule has 0 aliphatic heterocycles. The summed E-state index contributed by atoms with van der Waals surface area (Å²) in [6.45, 7) is 6.03. The second-order valence-corrected chi connectivity index (χ2v) is 4.10. The van der Waals surface area contributed by atoms with Crippen LogP contribution in [0.3, 0.4) is 0 Å². The van der Waals surface area contributed by atoms with Crippen LogP contribution in [-0.4, -0.2) is 13.1 Å². The quantitative estimate of drug-likeness (QED) is 0.602. The number of hydrogen-bond donors (Lipinski definition) is 0. The largest absolute Gasteiger partial charge is 0.465 e. The van der Waals surface area contributed by atoms with Crippen molar-refractivity contribution in [3.8, 4) is 0 Å². The molecule has 3 heteroatoms. The number of alkyl halides is 1. The van der Waals surface area contributed by atoms with Crippen LogP contribution in [0.2, 0.25) is 0 Å². The third-order valence-electron chi connectivity index (χ3n) is 1.79. The van der Waals surface area contributed by atoms with Gasteiger partial charge in [-0.25, -0.2) is 4.79 Å². The third-order valence-corrected chi connectivity index (χ3v) is 2.32. The number of ether oxygens (including phenoxy) is 1. The normalized spacial score (nSPS) is 11.0. The molecule has 0 aliphatic rings. The Hall–Kier alpha value is -0.830. The number of methoxy groups -OCH3 is 1. The van der Waals surface area contributed by atoms with E-state index in [1.54, 1.807) is 12.1 Å². The molecular weight excluding hydrogens is 256 g/mol. The van der Waals surface area contributed by atoms with Crippen molar-refractivity contribution in [3.63, 3.8) is 0 Å². The molecule has 0 amide bonds. The van der Waals surface area contributed by atoms with Gasteiger partial charge >= 0.3 is 5.97 Å². The van der Waals surface area contributed by atoms with Crippen LogP contribution >= 0.6 is 15.9 Å². The molecule has 0 saturated carbocycles. The molecule has 15 heavy (non-hydrogen) atoms. The molecule has 2 nitrogen and oxygen atoms in total. The lowest BCUT2D eigenvalue weighted by Gasteiger charge is -2.04. The van der Waals surface area contributed by atoms with Crippen LogP contribution in [0.4, 0.5) is 0 Å². The predicted octanol–water partition coefficient (Wildman–Crippen LogP) is 3.96. The molecule has 0 aromatic heterocycles. The fraction of sp³-hybridized carbons (Fsp3) is 0.417. The molecule has 0 saturated heterocycles. The molecule has 0 N–H and O–H groups in total. The van der Waals surface area contributed by atoms with Crippen LogP contribution < -0.4 is 0 Å². The Balaban J connectivity index is 0.000000921. The molecule has 1 aromatic rings. The number of rotatable bonds is 2. The van der Waals surface area contributed by atoms with Gasteiger partial charge in [-0.2, -0.15) is 0 Å². The van der Waals surface area contributed by atoms with E-state index >= 15 is 0 Å². The van der Waals surface area contributed by atoms with Gasteiger partial charge in [-0.3, -0.25) is 0 Å². The van der Waals surface area contributed by atoms with Crippen LogP contribution in [0.5, 0.6) is 0 Å². The van der Waals surface area contributed by atoms with E-state index in [0.717, 1.165) is 5.56 Å². The highest BCUT2D eigenvalue weighted by atomic mass is 79.9. The molecule has 0 aliphatic carbocycles. The highest BCUT2D eigenvalue weighted by molar-refractivity contribution is 9.09. The molecule has 0 heterocycles. The van der Waals surface area contributed by atoms with Gasteiger partial charge < -0.3 is 4.74 Å². The topological polar surface area (TPSA) is 26.3 Å². The van der Waals surface area contributed by atoms with Crippen LogP contribution in [0.1, 0.15) is 41.5 Å². The van der Waals surface area contributed by atoms with E-state index < -0.39 is 0 Å². The Morgan fingerprint density at radius 2 is 1.73 bits per heavy atom. The Kier molecular flexibility index (Phi) is 7.05. The average Bonchev–Trinajstić information content (AvgIpc) is 2.31. The first-order valence-electron chi connectivity index (χ1n) is 4.97. The maximum absolute atomic E-state index is 11.1. The maximum atomic E-state index is 11.1. The van der Waals surface area contributed by atoms with Gasteiger partial charge in [0.05, 0.1) is 12.7 Å². The van der Waals surface area contributed by atoms with Crippen molar-refractivity contribution in [3.05, 3.63) is 35.4 Å². The number of benzene rings is 1. The van der Waals surface area contributed by atoms with E-state index in [9.17, 15) is 4.79 Å². The van der Waals surface area contributed by atoms with E-state index in [1.807, 2.05) is 32.9 Å². The summed E-state index contributed by atoms with van der Waals surface area (Å²) in [5, 5.41) is 0. The van der Waals surface area contributed by atoms with Crippen molar-refractivity contribution in [2.24, 2.45) is 0 Å². The number of carbonyl (C=O) groups excluding carboxylic acids is 1. The van der Waals surface area contributed by atoms with Gasteiger partial charge in [-0.15, -0.1) is 0 Å². The Morgan fingerprint density at radius 3 is 2.07 bits per heavy atom. The average molecular weight is 273 g/mol. The summed E-state index contributed by atoms with van der Waals surface area (Å²) in [5.74, 6) is -0.297. The van der Waals surface area contributed by atoms with Gasteiger partial charge in [0.2, 0.25) is 0 Å². The lowest BCUT2D eigenvalue weighted by Crippen LogP contribution is -2.00. The van der Waals surface area contributed by atoms with Gasteiger partial charge in [0, 0.05) is 4.83 Å². The summed E-state index contributed by atoms with van der Waals surface area (Å²) in [4.78, 5) is 11.4. The Bertz CT molecular complexity index is 291. The van der Waals surface area contributed by atoms with Gasteiger partial charge in [0.25, 0.3) is 0 Å². The molecule has 1 unspecified atom stereocenters. The number of halogens is 1. The zero-order chi connectivity index (χ0) is 11.8. The molecule has 1 aromatic carbocycles. The van der Waals surface area contributed by atoms with Crippen molar-refractivity contribution in [2.75, 3.05) is 7.11 Å².